The van der Waals surface area contributed by atoms with Gasteiger partial charge in [-0.2, -0.15) is 4.72 Å². The topological polar surface area (TPSA) is 261 Å². The molecule has 9 N–H and O–H groups in total. The number of fused-ring (bicyclic) bond motifs is 1. The average molecular weight is 726 g/mol. The highest BCUT2D eigenvalue weighted by Crippen LogP contribution is 2.39. The van der Waals surface area contributed by atoms with E-state index in [2.05, 4.69) is 10.6 Å². The second-order valence-corrected chi connectivity index (χ2v) is 15.4. The Bertz CT molecular complexity index is 1880. The molecule has 0 saturated carbocycles. The number of thiophene rings is 1. The molecule has 0 aliphatic carbocycles. The van der Waals surface area contributed by atoms with Gasteiger partial charge in [-0.3, -0.25) is 14.2 Å². The molecule has 48 heavy (non-hydrogen) atoms. The third kappa shape index (κ3) is 9.50. The Balaban J connectivity index is 1.53. The van der Waals surface area contributed by atoms with Gasteiger partial charge in [0.25, 0.3) is 21.8 Å². The van der Waals surface area contributed by atoms with Crippen LogP contribution in [0.5, 0.6) is 34.5 Å². The Morgan fingerprint density at radius 2 is 1.25 bits per heavy atom. The molecule has 258 valence electrons. The van der Waals surface area contributed by atoms with Crippen LogP contribution >= 0.6 is 18.9 Å². The van der Waals surface area contributed by atoms with Crippen LogP contribution in [0.3, 0.4) is 0 Å². The number of carbonyl (C=O) groups excluding carboxylic acids is 2. The molecule has 4 rings (SSSR count). The van der Waals surface area contributed by atoms with Crippen molar-refractivity contribution in [2.45, 2.75) is 30.1 Å². The largest absolute Gasteiger partial charge is 0.504 e. The molecular weight excluding hydrogens is 693 g/mol. The molecule has 0 spiro atoms. The van der Waals surface area contributed by atoms with E-state index < -0.39 is 59.3 Å². The first kappa shape index (κ1) is 36.3. The number of nitrogens with one attached hydrogen (secondary N) is 3. The van der Waals surface area contributed by atoms with E-state index in [9.17, 15) is 43.0 Å². The van der Waals surface area contributed by atoms with Crippen molar-refractivity contribution < 1.29 is 62.3 Å². The summed E-state index contributed by atoms with van der Waals surface area (Å²) in [4.78, 5) is 43.4. The Morgan fingerprint density at radius 3 is 1.71 bits per heavy atom. The second kappa shape index (κ2) is 14.7. The van der Waals surface area contributed by atoms with E-state index in [1.807, 2.05) is 4.72 Å². The number of aromatic hydroxyl groups is 4. The van der Waals surface area contributed by atoms with Crippen LogP contribution in [0, 0.1) is 0 Å². The summed E-state index contributed by atoms with van der Waals surface area (Å²) in [5.74, 6) is -2.56. The quantitative estimate of drug-likeness (QED) is 0.0670. The number of hydrogen-bond donors (Lipinski definition) is 9. The third-order valence-electron chi connectivity index (χ3n) is 6.49. The van der Waals surface area contributed by atoms with Gasteiger partial charge in [0.05, 0.1) is 12.1 Å². The molecule has 4 aromatic rings. The summed E-state index contributed by atoms with van der Waals surface area (Å²) in [5, 5.41) is 44.2. The smallest absolute Gasteiger partial charge is 0.340 e. The van der Waals surface area contributed by atoms with Crippen LogP contribution in [0.25, 0.3) is 10.1 Å². The first-order valence-corrected chi connectivity index (χ1v) is 18.0. The summed E-state index contributed by atoms with van der Waals surface area (Å²) in [7, 11) is -8.96. The van der Waals surface area contributed by atoms with Crippen LogP contribution in [0.4, 0.5) is 0 Å². The van der Waals surface area contributed by atoms with Crippen LogP contribution in [0.15, 0.2) is 58.8 Å². The fraction of sp³-hybridized carbons (Fsp3) is 0.241. The van der Waals surface area contributed by atoms with Crippen LogP contribution in [0.2, 0.25) is 0 Å². The standard InChI is InChI=1S/C29H32N3O13PS2/c1-15(31-28(37)17-3-5-20(33)22(35)7-17)12-44-24-9-19-10-27(48(42,43)30-14-46(39,40)41)47-26(19)11-25(24)45-13-16(2)32-29(38)18-4-6-21(34)23(36)8-18/h3-11,15-16,30,33-36H,12-14H2,1-2H3,(H,31,37)(H,32,38)(H2,39,40,41). The van der Waals surface area contributed by atoms with Gasteiger partial charge in [-0.15, -0.1) is 11.3 Å². The van der Waals surface area contributed by atoms with Gasteiger partial charge in [-0.1, -0.05) is 0 Å². The van der Waals surface area contributed by atoms with E-state index in [1.165, 1.54) is 42.5 Å². The molecule has 2 unspecified atom stereocenters. The van der Waals surface area contributed by atoms with Gasteiger partial charge in [0.2, 0.25) is 0 Å². The van der Waals surface area contributed by atoms with E-state index in [0.29, 0.717) is 10.1 Å². The van der Waals surface area contributed by atoms with Gasteiger partial charge < -0.3 is 50.3 Å². The molecule has 0 aliphatic heterocycles. The summed E-state index contributed by atoms with van der Waals surface area (Å²) >= 11 is 0.807. The fourth-order valence-corrected chi connectivity index (χ4v) is 7.54. The highest BCUT2D eigenvalue weighted by atomic mass is 32.2. The SMILES string of the molecule is CC(COc1cc2cc(S(=O)(=O)NCP(=O)(O)O)sc2cc1OCC(C)NC(=O)c1ccc(O)c(O)c1)NC(=O)c1ccc(O)c(O)c1. The number of phenolic OH excluding ortho intramolecular Hbond substituents is 4. The minimum absolute atomic E-state index is 0.0838. The fourth-order valence-electron chi connectivity index (χ4n) is 4.08. The second-order valence-electron chi connectivity index (χ2n) is 10.7. The first-order chi connectivity index (χ1) is 22.4. The number of amides is 2. The van der Waals surface area contributed by atoms with Crippen molar-refractivity contribution in [2.24, 2.45) is 0 Å². The van der Waals surface area contributed by atoms with E-state index in [0.717, 1.165) is 23.5 Å². The molecule has 2 amide bonds. The summed E-state index contributed by atoms with van der Waals surface area (Å²) < 4.78 is 50.6. The maximum atomic E-state index is 12.7. The lowest BCUT2D eigenvalue weighted by atomic mass is 10.2. The molecule has 2 atom stereocenters. The highest BCUT2D eigenvalue weighted by molar-refractivity contribution is 7.92. The number of sulfonamides is 1. The Hall–Kier alpha value is -4.58. The van der Waals surface area contributed by atoms with Crippen molar-refractivity contribution in [1.29, 1.82) is 0 Å². The summed E-state index contributed by atoms with van der Waals surface area (Å²) in [6, 6.07) is 10.2. The van der Waals surface area contributed by atoms with E-state index in [-0.39, 0.29) is 51.5 Å². The lowest BCUT2D eigenvalue weighted by Crippen LogP contribution is -2.37. The molecule has 16 nitrogen and oxygen atoms in total. The van der Waals surface area contributed by atoms with E-state index in [1.54, 1.807) is 13.8 Å². The first-order valence-electron chi connectivity index (χ1n) is 13.9. The maximum absolute atomic E-state index is 12.7. The molecule has 1 heterocycles. The molecule has 0 saturated heterocycles. The lowest BCUT2D eigenvalue weighted by molar-refractivity contribution is 0.0913. The zero-order valence-electron chi connectivity index (χ0n) is 25.3. The lowest BCUT2D eigenvalue weighted by Gasteiger charge is -2.19. The van der Waals surface area contributed by atoms with Gasteiger partial charge in [0.15, 0.2) is 34.5 Å². The summed E-state index contributed by atoms with van der Waals surface area (Å²) in [6.45, 7) is 3.07. The predicted octanol–water partition coefficient (Wildman–Crippen LogP) is 2.53. The number of benzene rings is 3. The van der Waals surface area contributed by atoms with Crippen LogP contribution in [-0.2, 0) is 14.6 Å². The molecule has 0 radical (unpaired) electrons. The minimum atomic E-state index is -4.67. The molecule has 0 aliphatic rings. The number of rotatable bonds is 14. The molecule has 19 heteroatoms. The van der Waals surface area contributed by atoms with Crippen molar-refractivity contribution in [1.82, 2.24) is 15.4 Å². The maximum Gasteiger partial charge on any atom is 0.340 e. The predicted molar refractivity (Wildman–Crippen MR) is 173 cm³/mol. The normalized spacial score (nSPS) is 13.1. The van der Waals surface area contributed by atoms with Crippen molar-refractivity contribution in [3.05, 3.63) is 65.7 Å². The number of hydrogen-bond acceptors (Lipinski definition) is 12. The zero-order valence-corrected chi connectivity index (χ0v) is 27.8. The molecular formula is C29H32N3O13PS2. The average Bonchev–Trinajstić information content (AvgIpc) is 3.44. The Kier molecular flexibility index (Phi) is 11.1. The van der Waals surface area contributed by atoms with Crippen molar-refractivity contribution >= 4 is 50.9 Å². The number of phenols is 4. The van der Waals surface area contributed by atoms with Gasteiger partial charge in [0, 0.05) is 21.9 Å². The molecule has 1 aromatic heterocycles. The summed E-state index contributed by atoms with van der Waals surface area (Å²) in [5.41, 5.74) is 0.168. The Morgan fingerprint density at radius 1 is 0.771 bits per heavy atom. The molecule has 0 fully saturated rings. The number of ether oxygens (including phenoxy) is 2. The van der Waals surface area contributed by atoms with E-state index in [4.69, 9.17) is 19.3 Å². The zero-order chi connectivity index (χ0) is 35.4. The van der Waals surface area contributed by atoms with Crippen molar-refractivity contribution in [3.63, 3.8) is 0 Å². The third-order valence-corrected chi connectivity index (χ3v) is 10.3. The molecule has 0 bridgehead atoms. The minimum Gasteiger partial charge on any atom is -0.504 e. The van der Waals surface area contributed by atoms with Crippen molar-refractivity contribution in [2.75, 3.05) is 19.5 Å². The van der Waals surface area contributed by atoms with Gasteiger partial charge in [-0.05, 0) is 67.8 Å². The monoisotopic (exact) mass is 725 g/mol. The van der Waals surface area contributed by atoms with Gasteiger partial charge >= 0.3 is 7.60 Å². The van der Waals surface area contributed by atoms with Crippen LogP contribution in [0.1, 0.15) is 34.6 Å². The number of carbonyl (C=O) groups is 2. The van der Waals surface area contributed by atoms with Gasteiger partial charge in [-0.25, -0.2) is 8.42 Å². The highest BCUT2D eigenvalue weighted by Gasteiger charge is 2.24. The summed E-state index contributed by atoms with van der Waals surface area (Å²) in [6.07, 6.45) is -1.09. The van der Waals surface area contributed by atoms with Crippen LogP contribution < -0.4 is 24.8 Å². The van der Waals surface area contributed by atoms with Crippen molar-refractivity contribution in [3.8, 4) is 34.5 Å². The van der Waals surface area contributed by atoms with E-state index >= 15 is 0 Å². The van der Waals surface area contributed by atoms with Gasteiger partial charge in [0.1, 0.15) is 23.7 Å². The van der Waals surface area contributed by atoms with Crippen LogP contribution in [-0.4, -0.2) is 82.0 Å². The molecule has 3 aromatic carbocycles. The Labute approximate surface area is 277 Å².